The first-order valence-electron chi connectivity index (χ1n) is 9.59. The van der Waals surface area contributed by atoms with Crippen molar-refractivity contribution < 1.29 is 27.9 Å². The van der Waals surface area contributed by atoms with Crippen molar-refractivity contribution in [1.29, 1.82) is 0 Å². The van der Waals surface area contributed by atoms with Gasteiger partial charge in [-0.25, -0.2) is 0 Å². The average molecular weight is 438 g/mol. The largest absolute Gasteiger partial charge is 0.415 e. The molecule has 0 radical (unpaired) electrons. The maximum Gasteiger partial charge on any atom is 0.217 e. The highest BCUT2D eigenvalue weighted by atomic mass is 28.4. The van der Waals surface area contributed by atoms with Crippen molar-refractivity contribution in [3.63, 3.8) is 0 Å². The van der Waals surface area contributed by atoms with Crippen LogP contribution in [0.2, 0.25) is 58.9 Å². The molecule has 160 valence electrons. The third-order valence-electron chi connectivity index (χ3n) is 3.70. The van der Waals surface area contributed by atoms with Crippen molar-refractivity contribution >= 4 is 30.9 Å². The van der Waals surface area contributed by atoms with Gasteiger partial charge in [-0.1, -0.05) is 0 Å². The number of hydrogen-bond acceptors (Lipinski definition) is 6. The van der Waals surface area contributed by atoms with Gasteiger partial charge in [0.1, 0.15) is 18.2 Å². The molecular weight excluding hydrogens is 398 g/mol. The topological polar surface area (TPSA) is 86.3 Å². The molecule has 0 aromatic carbocycles. The molecule has 0 aliphatic carbocycles. The number of hydrogen-bond donors (Lipinski definition) is 2. The van der Waals surface area contributed by atoms with Gasteiger partial charge in [0.15, 0.2) is 31.2 Å². The predicted octanol–water partition coefficient (Wildman–Crippen LogP) is 2.50. The lowest BCUT2D eigenvalue weighted by molar-refractivity contribution is -0.245. The SMILES string of the molecule is CC(=O)N[C@@H]1[C@@H](O[Si](C)(C)C)[C@H](O[Si](C)(C)C)[C@@H](CO[Si](C)(C)C)O[C@@H]1O. The number of aliphatic hydroxyl groups is 1. The van der Waals surface area contributed by atoms with Crippen molar-refractivity contribution in [2.45, 2.75) is 96.5 Å². The maximum absolute atomic E-state index is 11.7. The number of amides is 1. The molecule has 0 aromatic rings. The number of ether oxygens (including phenoxy) is 1. The minimum absolute atomic E-state index is 0.240. The molecule has 0 aromatic heterocycles. The zero-order valence-corrected chi connectivity index (χ0v) is 21.6. The summed E-state index contributed by atoms with van der Waals surface area (Å²) in [5.41, 5.74) is 0. The monoisotopic (exact) mass is 437 g/mol. The fourth-order valence-corrected chi connectivity index (χ4v) is 5.74. The summed E-state index contributed by atoms with van der Waals surface area (Å²) in [7, 11) is -5.71. The van der Waals surface area contributed by atoms with E-state index in [9.17, 15) is 9.90 Å². The van der Waals surface area contributed by atoms with E-state index in [1.54, 1.807) is 0 Å². The lowest BCUT2D eigenvalue weighted by atomic mass is 9.97. The molecule has 1 aliphatic heterocycles. The van der Waals surface area contributed by atoms with Crippen LogP contribution in [0.25, 0.3) is 0 Å². The second-order valence-electron chi connectivity index (χ2n) is 10.1. The fourth-order valence-electron chi connectivity index (χ4n) is 2.87. The Balaban J connectivity index is 3.22. The Hall–Kier alpha value is -0.0794. The Bertz CT molecular complexity index is 500. The van der Waals surface area contributed by atoms with Gasteiger partial charge in [0.2, 0.25) is 5.91 Å². The van der Waals surface area contributed by atoms with E-state index in [4.69, 9.17) is 18.0 Å². The van der Waals surface area contributed by atoms with E-state index >= 15 is 0 Å². The lowest BCUT2D eigenvalue weighted by Crippen LogP contribution is -2.68. The van der Waals surface area contributed by atoms with E-state index in [0.29, 0.717) is 6.61 Å². The molecule has 27 heavy (non-hydrogen) atoms. The molecule has 1 rings (SSSR count). The van der Waals surface area contributed by atoms with Gasteiger partial charge in [0.25, 0.3) is 0 Å². The van der Waals surface area contributed by atoms with Crippen molar-refractivity contribution in [2.75, 3.05) is 6.61 Å². The van der Waals surface area contributed by atoms with Crippen LogP contribution in [0, 0.1) is 0 Å². The van der Waals surface area contributed by atoms with Gasteiger partial charge in [-0.15, -0.1) is 0 Å². The molecule has 1 heterocycles. The third-order valence-corrected chi connectivity index (χ3v) is 6.69. The average Bonchev–Trinajstić information content (AvgIpc) is 2.40. The van der Waals surface area contributed by atoms with Crippen LogP contribution in [0.1, 0.15) is 6.92 Å². The Labute approximate surface area is 167 Å². The molecule has 1 fully saturated rings. The van der Waals surface area contributed by atoms with Gasteiger partial charge >= 0.3 is 0 Å². The summed E-state index contributed by atoms with van der Waals surface area (Å²) in [6, 6.07) is -0.682. The quantitative estimate of drug-likeness (QED) is 0.568. The summed E-state index contributed by atoms with van der Waals surface area (Å²) in [4.78, 5) is 11.7. The van der Waals surface area contributed by atoms with Gasteiger partial charge in [0.05, 0.1) is 12.7 Å². The molecular formula is C17H39NO6Si3. The smallest absolute Gasteiger partial charge is 0.217 e. The first kappa shape index (κ1) is 25.0. The number of aliphatic hydroxyl groups excluding tert-OH is 1. The zero-order valence-electron chi connectivity index (χ0n) is 18.6. The minimum Gasteiger partial charge on any atom is -0.415 e. The number of carbonyl (C=O) groups is 1. The highest BCUT2D eigenvalue weighted by Crippen LogP contribution is 2.30. The Morgan fingerprint density at radius 1 is 0.926 bits per heavy atom. The second kappa shape index (κ2) is 9.16. The van der Waals surface area contributed by atoms with Crippen LogP contribution in [0.4, 0.5) is 0 Å². The lowest BCUT2D eigenvalue weighted by Gasteiger charge is -2.48. The number of nitrogens with one attached hydrogen (secondary N) is 1. The van der Waals surface area contributed by atoms with Crippen molar-refractivity contribution in [3.8, 4) is 0 Å². The maximum atomic E-state index is 11.7. The normalized spacial score (nSPS) is 30.3. The summed E-state index contributed by atoms with van der Waals surface area (Å²) in [5, 5.41) is 13.4. The molecule has 10 heteroatoms. The molecule has 0 spiro atoms. The van der Waals surface area contributed by atoms with Crippen molar-refractivity contribution in [1.82, 2.24) is 5.32 Å². The van der Waals surface area contributed by atoms with Crippen LogP contribution >= 0.6 is 0 Å². The minimum atomic E-state index is -1.99. The van der Waals surface area contributed by atoms with Gasteiger partial charge in [-0.05, 0) is 58.9 Å². The Morgan fingerprint density at radius 3 is 1.81 bits per heavy atom. The van der Waals surface area contributed by atoms with E-state index in [-0.39, 0.29) is 5.91 Å². The van der Waals surface area contributed by atoms with Crippen LogP contribution < -0.4 is 5.32 Å². The van der Waals surface area contributed by atoms with Crippen LogP contribution in [0.5, 0.6) is 0 Å². The highest BCUT2D eigenvalue weighted by molar-refractivity contribution is 6.70. The van der Waals surface area contributed by atoms with E-state index in [2.05, 4.69) is 64.2 Å². The van der Waals surface area contributed by atoms with Crippen LogP contribution in [-0.4, -0.2) is 73.2 Å². The molecule has 7 nitrogen and oxygen atoms in total. The zero-order chi connectivity index (χ0) is 21.2. The van der Waals surface area contributed by atoms with Crippen molar-refractivity contribution in [2.24, 2.45) is 0 Å². The predicted molar refractivity (Wildman–Crippen MR) is 114 cm³/mol. The molecule has 5 atom stereocenters. The summed E-state index contributed by atoms with van der Waals surface area (Å²) in [6.07, 6.45) is -2.54. The van der Waals surface area contributed by atoms with E-state index in [0.717, 1.165) is 0 Å². The second-order valence-corrected chi connectivity index (χ2v) is 23.5. The molecule has 0 bridgehead atoms. The van der Waals surface area contributed by atoms with Gasteiger partial charge in [0, 0.05) is 6.92 Å². The summed E-state index contributed by atoms with van der Waals surface area (Å²) in [5.74, 6) is -0.240. The summed E-state index contributed by atoms with van der Waals surface area (Å²) in [6.45, 7) is 20.6. The molecule has 2 N–H and O–H groups in total. The van der Waals surface area contributed by atoms with Crippen LogP contribution in [-0.2, 0) is 22.8 Å². The molecule has 0 saturated carbocycles. The summed E-state index contributed by atoms with van der Waals surface area (Å²) >= 11 is 0. The van der Waals surface area contributed by atoms with E-state index < -0.39 is 55.6 Å². The molecule has 1 aliphatic rings. The molecule has 1 saturated heterocycles. The molecule has 0 unspecified atom stereocenters. The van der Waals surface area contributed by atoms with Gasteiger partial charge < -0.3 is 28.4 Å². The van der Waals surface area contributed by atoms with Gasteiger partial charge in [-0.2, -0.15) is 0 Å². The molecule has 1 amide bonds. The highest BCUT2D eigenvalue weighted by Gasteiger charge is 2.50. The first-order valence-corrected chi connectivity index (χ1v) is 19.8. The number of rotatable bonds is 8. The standard InChI is InChI=1S/C17H39NO6Si3/c1-12(19)18-14-16(24-27(8,9)10)15(23-26(5,6)7)13(22-17(14)20)11-21-25(2,3)4/h13-17,20H,11H2,1-10H3,(H,18,19)/t13-,14-,15-,16-,17+/m1/s1. The summed E-state index contributed by atoms with van der Waals surface area (Å²) < 4.78 is 24.8. The van der Waals surface area contributed by atoms with E-state index in [1.807, 2.05) is 0 Å². The van der Waals surface area contributed by atoms with Crippen LogP contribution in [0.15, 0.2) is 0 Å². The fraction of sp³-hybridized carbons (Fsp3) is 0.941. The van der Waals surface area contributed by atoms with Crippen molar-refractivity contribution in [3.05, 3.63) is 0 Å². The third kappa shape index (κ3) is 9.31. The first-order chi connectivity index (χ1) is 12.0. The van der Waals surface area contributed by atoms with Crippen LogP contribution in [0.3, 0.4) is 0 Å². The Kier molecular flexibility index (Phi) is 8.47. The van der Waals surface area contributed by atoms with Gasteiger partial charge in [-0.3, -0.25) is 4.79 Å². The number of carbonyl (C=O) groups excluding carboxylic acids is 1. The Morgan fingerprint density at radius 2 is 1.41 bits per heavy atom. The van der Waals surface area contributed by atoms with E-state index in [1.165, 1.54) is 6.92 Å².